The highest BCUT2D eigenvalue weighted by molar-refractivity contribution is 5.88. The first-order chi connectivity index (χ1) is 21.8. The van der Waals surface area contributed by atoms with Crippen LogP contribution in [0.5, 0.6) is 11.5 Å². The molecule has 3 aromatic carbocycles. The van der Waals surface area contributed by atoms with Crippen LogP contribution in [0.1, 0.15) is 43.5 Å². The second-order valence-corrected chi connectivity index (χ2v) is 11.0. The topological polar surface area (TPSA) is 179 Å². The van der Waals surface area contributed by atoms with Crippen LogP contribution in [0.3, 0.4) is 0 Å². The zero-order chi connectivity index (χ0) is 33.7. The molecule has 13 heteroatoms. The Morgan fingerprint density at radius 2 is 1.50 bits per heavy atom. The molecular formula is C33H37N3O10. The highest BCUT2D eigenvalue weighted by Gasteiger charge is 2.26. The van der Waals surface area contributed by atoms with E-state index in [4.69, 9.17) is 18.9 Å². The third-order valence-corrected chi connectivity index (χ3v) is 6.13. The first kappa shape index (κ1) is 34.9. The molecule has 2 atom stereocenters. The molecule has 0 heterocycles. The van der Waals surface area contributed by atoms with Crippen LogP contribution in [0, 0.1) is 0 Å². The molecule has 244 valence electrons. The van der Waals surface area contributed by atoms with Gasteiger partial charge in [0.1, 0.15) is 36.3 Å². The van der Waals surface area contributed by atoms with Crippen LogP contribution in [0.2, 0.25) is 0 Å². The fourth-order valence-corrected chi connectivity index (χ4v) is 4.01. The molecule has 0 aromatic heterocycles. The number of carbonyl (C=O) groups is 5. The smallest absolute Gasteiger partial charge is 0.408 e. The number of rotatable bonds is 13. The number of carbonyl (C=O) groups excluding carboxylic acids is 4. The molecule has 3 aromatic rings. The summed E-state index contributed by atoms with van der Waals surface area (Å²) in [6.45, 7) is 4.61. The van der Waals surface area contributed by atoms with E-state index in [0.29, 0.717) is 22.6 Å². The predicted molar refractivity (Wildman–Crippen MR) is 165 cm³/mol. The normalized spacial score (nSPS) is 12.1. The number of aliphatic carboxylic acids is 1. The number of methoxy groups -OCH3 is 1. The summed E-state index contributed by atoms with van der Waals surface area (Å²) in [4.78, 5) is 60.9. The Morgan fingerprint density at radius 3 is 2.13 bits per heavy atom. The van der Waals surface area contributed by atoms with Crippen molar-refractivity contribution >= 4 is 30.0 Å². The van der Waals surface area contributed by atoms with Gasteiger partial charge in [-0.1, -0.05) is 54.6 Å². The summed E-state index contributed by atoms with van der Waals surface area (Å²) in [5.74, 6) is -1.87. The molecule has 13 nitrogen and oxygen atoms in total. The molecule has 3 amide bonds. The second kappa shape index (κ2) is 16.5. The van der Waals surface area contributed by atoms with E-state index in [0.717, 1.165) is 5.56 Å². The Hall–Kier alpha value is -5.59. The minimum Gasteiger partial charge on any atom is -0.480 e. The molecular weight excluding hydrogens is 598 g/mol. The molecule has 0 radical (unpaired) electrons. The maximum atomic E-state index is 12.6. The number of benzene rings is 3. The lowest BCUT2D eigenvalue weighted by molar-refractivity contribution is -0.145. The zero-order valence-electron chi connectivity index (χ0n) is 25.9. The number of carboxylic acids is 1. The van der Waals surface area contributed by atoms with Crippen LogP contribution in [0.15, 0.2) is 78.9 Å². The molecule has 4 N–H and O–H groups in total. The number of esters is 1. The SMILES string of the molecule is COC(=O)[C@H](NC(=O)CNC(=O)OCc1ccccc1)c1cccc(Oc2ccc(C[C@@H](NC(=O)OC(C)(C)C)C(=O)O)cc2)c1. The van der Waals surface area contributed by atoms with E-state index < -0.39 is 54.3 Å². The quantitative estimate of drug-likeness (QED) is 0.157. The van der Waals surface area contributed by atoms with Gasteiger partial charge in [0, 0.05) is 6.42 Å². The highest BCUT2D eigenvalue weighted by Crippen LogP contribution is 2.26. The van der Waals surface area contributed by atoms with Gasteiger partial charge in [0.25, 0.3) is 0 Å². The largest absolute Gasteiger partial charge is 0.480 e. The van der Waals surface area contributed by atoms with Crippen molar-refractivity contribution in [2.45, 2.75) is 51.5 Å². The van der Waals surface area contributed by atoms with E-state index in [2.05, 4.69) is 16.0 Å². The van der Waals surface area contributed by atoms with Crippen molar-refractivity contribution in [2.75, 3.05) is 13.7 Å². The van der Waals surface area contributed by atoms with E-state index in [1.54, 1.807) is 81.4 Å². The molecule has 0 aliphatic heterocycles. The highest BCUT2D eigenvalue weighted by atomic mass is 16.6. The Morgan fingerprint density at radius 1 is 0.804 bits per heavy atom. The van der Waals surface area contributed by atoms with E-state index in [1.165, 1.54) is 7.11 Å². The molecule has 0 fully saturated rings. The second-order valence-electron chi connectivity index (χ2n) is 11.0. The van der Waals surface area contributed by atoms with Crippen molar-refractivity contribution < 1.29 is 48.0 Å². The Labute approximate surface area is 266 Å². The maximum absolute atomic E-state index is 12.6. The fraction of sp³-hybridized carbons (Fsp3) is 0.303. The average molecular weight is 636 g/mol. The minimum absolute atomic E-state index is 0.00442. The van der Waals surface area contributed by atoms with Crippen molar-refractivity contribution in [3.05, 3.63) is 95.6 Å². The summed E-state index contributed by atoms with van der Waals surface area (Å²) >= 11 is 0. The number of hydrogen-bond donors (Lipinski definition) is 4. The molecule has 0 saturated carbocycles. The van der Waals surface area contributed by atoms with Crippen molar-refractivity contribution in [2.24, 2.45) is 0 Å². The fourth-order valence-electron chi connectivity index (χ4n) is 4.01. The van der Waals surface area contributed by atoms with Gasteiger partial charge in [0.15, 0.2) is 6.04 Å². The molecule has 3 rings (SSSR count). The molecule has 0 bridgehead atoms. The lowest BCUT2D eigenvalue weighted by Crippen LogP contribution is -2.44. The molecule has 46 heavy (non-hydrogen) atoms. The van der Waals surface area contributed by atoms with Crippen LogP contribution >= 0.6 is 0 Å². The van der Waals surface area contributed by atoms with Gasteiger partial charge in [-0.25, -0.2) is 19.2 Å². The third kappa shape index (κ3) is 11.8. The first-order valence-corrected chi connectivity index (χ1v) is 14.2. The Kier molecular flexibility index (Phi) is 12.5. The summed E-state index contributed by atoms with van der Waals surface area (Å²) in [5, 5.41) is 16.8. The minimum atomic E-state index is -1.21. The van der Waals surface area contributed by atoms with E-state index in [1.807, 2.05) is 18.2 Å². The predicted octanol–water partition coefficient (Wildman–Crippen LogP) is 4.26. The third-order valence-electron chi connectivity index (χ3n) is 6.13. The van der Waals surface area contributed by atoms with Gasteiger partial charge in [0.05, 0.1) is 7.11 Å². The van der Waals surface area contributed by atoms with Gasteiger partial charge in [-0.2, -0.15) is 0 Å². The van der Waals surface area contributed by atoms with E-state index >= 15 is 0 Å². The van der Waals surface area contributed by atoms with Crippen molar-refractivity contribution in [1.82, 2.24) is 16.0 Å². The van der Waals surface area contributed by atoms with E-state index in [9.17, 15) is 29.1 Å². The lowest BCUT2D eigenvalue weighted by Gasteiger charge is -2.22. The Bertz CT molecular complexity index is 1500. The van der Waals surface area contributed by atoms with Crippen molar-refractivity contribution in [3.63, 3.8) is 0 Å². The van der Waals surface area contributed by atoms with Crippen LogP contribution in [-0.4, -0.2) is 60.4 Å². The van der Waals surface area contributed by atoms with Crippen LogP contribution in [0.25, 0.3) is 0 Å². The Balaban J connectivity index is 1.59. The number of amides is 3. The van der Waals surface area contributed by atoms with Crippen LogP contribution < -0.4 is 20.7 Å². The summed E-state index contributed by atoms with van der Waals surface area (Å²) in [7, 11) is 1.18. The number of carboxylic acid groups (broad SMARTS) is 1. The van der Waals surface area contributed by atoms with Crippen molar-refractivity contribution in [1.29, 1.82) is 0 Å². The van der Waals surface area contributed by atoms with E-state index in [-0.39, 0.29) is 13.0 Å². The van der Waals surface area contributed by atoms with Gasteiger partial charge in [-0.15, -0.1) is 0 Å². The van der Waals surface area contributed by atoms with Gasteiger partial charge in [0.2, 0.25) is 5.91 Å². The van der Waals surface area contributed by atoms with Gasteiger partial charge in [-0.05, 0) is 61.7 Å². The standard InChI is InChI=1S/C33H37N3O10/c1-33(2,3)46-32(42)35-26(29(38)39)17-21-13-15-24(16-14-21)45-25-12-8-11-23(18-25)28(30(40)43-4)36-27(37)19-34-31(41)44-20-22-9-6-5-7-10-22/h5-16,18,26,28H,17,19-20H2,1-4H3,(H,34,41)(H,35,42)(H,36,37)(H,38,39)/t26-,28-/m1/s1. The average Bonchev–Trinajstić information content (AvgIpc) is 3.01. The van der Waals surface area contributed by atoms with Crippen LogP contribution in [0.4, 0.5) is 9.59 Å². The summed E-state index contributed by atoms with van der Waals surface area (Å²) < 4.78 is 21.0. The molecule has 0 spiro atoms. The van der Waals surface area contributed by atoms with Gasteiger partial charge >= 0.3 is 24.1 Å². The summed E-state index contributed by atoms with van der Waals surface area (Å²) in [6, 6.07) is 19.6. The number of ether oxygens (including phenoxy) is 4. The van der Waals surface area contributed by atoms with Gasteiger partial charge in [-0.3, -0.25) is 4.79 Å². The zero-order valence-corrected chi connectivity index (χ0v) is 25.9. The summed E-state index contributed by atoms with van der Waals surface area (Å²) in [5.41, 5.74) is 0.987. The molecule has 0 saturated heterocycles. The lowest BCUT2D eigenvalue weighted by atomic mass is 10.1. The van der Waals surface area contributed by atoms with Gasteiger partial charge < -0.3 is 40.0 Å². The number of nitrogens with one attached hydrogen (secondary N) is 3. The maximum Gasteiger partial charge on any atom is 0.408 e. The first-order valence-electron chi connectivity index (χ1n) is 14.2. The van der Waals surface area contributed by atoms with Crippen molar-refractivity contribution in [3.8, 4) is 11.5 Å². The van der Waals surface area contributed by atoms with Crippen LogP contribution in [-0.2, 0) is 41.6 Å². The number of alkyl carbamates (subject to hydrolysis) is 2. The monoisotopic (exact) mass is 635 g/mol. The molecule has 0 aliphatic rings. The molecule has 0 unspecified atom stereocenters. The number of hydrogen-bond acceptors (Lipinski definition) is 9. The summed E-state index contributed by atoms with van der Waals surface area (Å²) in [6.07, 6.45) is -1.63. The molecule has 0 aliphatic carbocycles.